The zero-order valence-corrected chi connectivity index (χ0v) is 13.2. The summed E-state index contributed by atoms with van der Waals surface area (Å²) in [5.41, 5.74) is 1.03. The normalized spacial score (nSPS) is 16.2. The van der Waals surface area contributed by atoms with E-state index in [1.54, 1.807) is 0 Å². The van der Waals surface area contributed by atoms with Crippen LogP contribution in [0.1, 0.15) is 41.0 Å². The van der Waals surface area contributed by atoms with Gasteiger partial charge in [0.2, 0.25) is 0 Å². The predicted molar refractivity (Wildman–Crippen MR) is 86.6 cm³/mol. The van der Waals surface area contributed by atoms with Gasteiger partial charge in [-0.05, 0) is 32.6 Å². The number of benzene rings is 1. The van der Waals surface area contributed by atoms with Crippen molar-refractivity contribution in [3.63, 3.8) is 0 Å². The fourth-order valence-corrected chi connectivity index (χ4v) is 3.80. The van der Waals surface area contributed by atoms with Crippen molar-refractivity contribution < 1.29 is 4.79 Å². The molecule has 4 nitrogen and oxygen atoms in total. The molecule has 0 atom stereocenters. The third kappa shape index (κ3) is 2.75. The Hall–Kier alpha value is -2.19. The first-order valence-electron chi connectivity index (χ1n) is 7.40. The molecule has 3 rings (SSSR count). The van der Waals surface area contributed by atoms with Crippen LogP contribution in [-0.2, 0) is 0 Å². The van der Waals surface area contributed by atoms with Crippen LogP contribution in [0.5, 0.6) is 0 Å². The molecule has 1 heterocycles. The highest BCUT2D eigenvalue weighted by molar-refractivity contribution is 7.17. The zero-order valence-electron chi connectivity index (χ0n) is 12.4. The summed E-state index contributed by atoms with van der Waals surface area (Å²) in [6, 6.07) is 12.1. The molecule has 0 spiro atoms. The van der Waals surface area contributed by atoms with Gasteiger partial charge in [-0.25, -0.2) is 4.98 Å². The van der Waals surface area contributed by atoms with Crippen molar-refractivity contribution in [1.82, 2.24) is 10.3 Å². The lowest BCUT2D eigenvalue weighted by Crippen LogP contribution is -2.45. The molecule has 0 aliphatic heterocycles. The molecule has 1 aromatic carbocycles. The Kier molecular flexibility index (Phi) is 3.95. The Bertz CT molecular complexity index is 724. The number of carbonyl (C=O) groups is 1. The number of carbonyl (C=O) groups excluding carboxylic acids is 1. The number of rotatable bonds is 3. The largest absolute Gasteiger partial charge is 0.333 e. The van der Waals surface area contributed by atoms with Crippen LogP contribution in [0.15, 0.2) is 30.3 Å². The Morgan fingerprint density at radius 1 is 1.32 bits per heavy atom. The van der Waals surface area contributed by atoms with Gasteiger partial charge in [0.15, 0.2) is 0 Å². The highest BCUT2D eigenvalue weighted by Gasteiger charge is 2.36. The Balaban J connectivity index is 1.85. The molecule has 0 bridgehead atoms. The quantitative estimate of drug-likeness (QED) is 0.940. The van der Waals surface area contributed by atoms with Crippen molar-refractivity contribution in [2.75, 3.05) is 0 Å². The molecule has 1 N–H and O–H groups in total. The van der Waals surface area contributed by atoms with Crippen molar-refractivity contribution >= 4 is 17.2 Å². The maximum absolute atomic E-state index is 12.5. The lowest BCUT2D eigenvalue weighted by Gasteiger charge is -2.21. The van der Waals surface area contributed by atoms with Crippen LogP contribution in [0.25, 0.3) is 10.6 Å². The summed E-state index contributed by atoms with van der Waals surface area (Å²) < 4.78 is 0. The van der Waals surface area contributed by atoms with E-state index >= 15 is 0 Å². The zero-order chi connectivity index (χ0) is 15.6. The van der Waals surface area contributed by atoms with Gasteiger partial charge in [0.1, 0.15) is 15.4 Å². The Labute approximate surface area is 133 Å². The SMILES string of the molecule is Cc1nc(-c2ccccc2)sc1C(=O)NC1(C#N)CCCC1. The van der Waals surface area contributed by atoms with Gasteiger partial charge in [-0.15, -0.1) is 11.3 Å². The number of amides is 1. The molecule has 5 heteroatoms. The van der Waals surface area contributed by atoms with E-state index in [1.165, 1.54) is 11.3 Å². The van der Waals surface area contributed by atoms with Crippen LogP contribution in [-0.4, -0.2) is 16.4 Å². The van der Waals surface area contributed by atoms with Crippen LogP contribution >= 0.6 is 11.3 Å². The number of nitrogens with one attached hydrogen (secondary N) is 1. The third-order valence-corrected chi connectivity index (χ3v) is 5.25. The minimum absolute atomic E-state index is 0.180. The van der Waals surface area contributed by atoms with Crippen molar-refractivity contribution in [3.8, 4) is 16.6 Å². The number of hydrogen-bond donors (Lipinski definition) is 1. The van der Waals surface area contributed by atoms with E-state index in [0.717, 1.165) is 36.3 Å². The van der Waals surface area contributed by atoms with Gasteiger partial charge < -0.3 is 5.32 Å². The molecule has 1 aliphatic rings. The minimum atomic E-state index is -0.694. The topological polar surface area (TPSA) is 65.8 Å². The summed E-state index contributed by atoms with van der Waals surface area (Å²) in [6.45, 7) is 1.84. The van der Waals surface area contributed by atoms with Gasteiger partial charge in [0, 0.05) is 5.56 Å². The van der Waals surface area contributed by atoms with E-state index in [2.05, 4.69) is 16.4 Å². The summed E-state index contributed by atoms with van der Waals surface area (Å²) in [6.07, 6.45) is 3.45. The van der Waals surface area contributed by atoms with Gasteiger partial charge in [-0.2, -0.15) is 5.26 Å². The molecule has 1 aliphatic carbocycles. The molecular formula is C17H17N3OS. The lowest BCUT2D eigenvalue weighted by molar-refractivity contribution is 0.0924. The summed E-state index contributed by atoms with van der Waals surface area (Å²) in [7, 11) is 0. The minimum Gasteiger partial charge on any atom is -0.333 e. The van der Waals surface area contributed by atoms with Crippen molar-refractivity contribution in [3.05, 3.63) is 40.9 Å². The third-order valence-electron chi connectivity index (χ3n) is 4.05. The number of hydrogen-bond acceptors (Lipinski definition) is 4. The summed E-state index contributed by atoms with van der Waals surface area (Å²) in [5, 5.41) is 13.2. The molecule has 1 aromatic heterocycles. The molecule has 112 valence electrons. The monoisotopic (exact) mass is 311 g/mol. The van der Waals surface area contributed by atoms with Crippen molar-refractivity contribution in [2.45, 2.75) is 38.1 Å². The second-order valence-corrected chi connectivity index (χ2v) is 6.65. The van der Waals surface area contributed by atoms with E-state index in [1.807, 2.05) is 37.3 Å². The molecule has 22 heavy (non-hydrogen) atoms. The standard InChI is InChI=1S/C17H17N3OS/c1-12-14(15(21)20-17(11-18)9-5-6-10-17)22-16(19-12)13-7-3-2-4-8-13/h2-4,7-8H,5-6,9-10H2,1H3,(H,20,21). The fraction of sp³-hybridized carbons (Fsp3) is 0.353. The summed E-state index contributed by atoms with van der Waals surface area (Å²) in [4.78, 5) is 17.6. The molecule has 0 unspecified atom stereocenters. The van der Waals surface area contributed by atoms with E-state index in [4.69, 9.17) is 0 Å². The first-order valence-corrected chi connectivity index (χ1v) is 8.22. The first kappa shape index (κ1) is 14.7. The van der Waals surface area contributed by atoms with Crippen LogP contribution in [0.3, 0.4) is 0 Å². The van der Waals surface area contributed by atoms with Crippen LogP contribution in [0.4, 0.5) is 0 Å². The van der Waals surface area contributed by atoms with Gasteiger partial charge in [0.05, 0.1) is 11.8 Å². The molecule has 1 fully saturated rings. The number of aromatic nitrogens is 1. The van der Waals surface area contributed by atoms with Gasteiger partial charge in [0.25, 0.3) is 5.91 Å². The van der Waals surface area contributed by atoms with E-state index in [9.17, 15) is 10.1 Å². The molecule has 1 saturated carbocycles. The predicted octanol–water partition coefficient (Wildman–Crippen LogP) is 3.68. The second-order valence-electron chi connectivity index (χ2n) is 5.65. The smallest absolute Gasteiger partial charge is 0.264 e. The maximum Gasteiger partial charge on any atom is 0.264 e. The molecule has 2 aromatic rings. The average Bonchev–Trinajstić information content (AvgIpc) is 3.15. The van der Waals surface area contributed by atoms with E-state index in [-0.39, 0.29) is 5.91 Å². The van der Waals surface area contributed by atoms with Crippen molar-refractivity contribution in [1.29, 1.82) is 5.26 Å². The van der Waals surface area contributed by atoms with Crippen LogP contribution < -0.4 is 5.32 Å². The average molecular weight is 311 g/mol. The van der Waals surface area contributed by atoms with Crippen LogP contribution in [0, 0.1) is 18.3 Å². The van der Waals surface area contributed by atoms with Crippen molar-refractivity contribution in [2.24, 2.45) is 0 Å². The highest BCUT2D eigenvalue weighted by atomic mass is 32.1. The van der Waals surface area contributed by atoms with E-state index < -0.39 is 5.54 Å². The van der Waals surface area contributed by atoms with Gasteiger partial charge >= 0.3 is 0 Å². The number of thiazole rings is 1. The summed E-state index contributed by atoms with van der Waals surface area (Å²) >= 11 is 1.38. The Morgan fingerprint density at radius 3 is 2.64 bits per heavy atom. The molecule has 1 amide bonds. The van der Waals surface area contributed by atoms with E-state index in [0.29, 0.717) is 10.6 Å². The summed E-state index contributed by atoms with van der Waals surface area (Å²) in [5.74, 6) is -0.180. The molecule has 0 radical (unpaired) electrons. The maximum atomic E-state index is 12.5. The first-order chi connectivity index (χ1) is 10.6. The number of nitriles is 1. The number of aryl methyl sites for hydroxylation is 1. The van der Waals surface area contributed by atoms with Gasteiger partial charge in [-0.3, -0.25) is 4.79 Å². The lowest BCUT2D eigenvalue weighted by atomic mass is 10.00. The number of nitrogens with zero attached hydrogens (tertiary/aromatic N) is 2. The molecule has 0 saturated heterocycles. The molecular weight excluding hydrogens is 294 g/mol. The van der Waals surface area contributed by atoms with Crippen LogP contribution in [0.2, 0.25) is 0 Å². The Morgan fingerprint density at radius 2 is 2.00 bits per heavy atom. The fourth-order valence-electron chi connectivity index (χ4n) is 2.83. The highest BCUT2D eigenvalue weighted by Crippen LogP contribution is 2.31. The second kappa shape index (κ2) is 5.90. The van der Waals surface area contributed by atoms with Gasteiger partial charge in [-0.1, -0.05) is 30.3 Å².